The van der Waals surface area contributed by atoms with E-state index in [0.29, 0.717) is 11.3 Å². The van der Waals surface area contributed by atoms with Crippen molar-refractivity contribution in [1.82, 2.24) is 4.90 Å². The largest absolute Gasteiger partial charge is 0.322 e. The van der Waals surface area contributed by atoms with E-state index in [4.69, 9.17) is 4.99 Å². The molecule has 33 heavy (non-hydrogen) atoms. The fraction of sp³-hybridized carbons (Fsp3) is 0.222. The number of hydrogen-bond acceptors (Lipinski definition) is 4. The summed E-state index contributed by atoms with van der Waals surface area (Å²) in [6.07, 6.45) is 10.4. The third-order valence-corrected chi connectivity index (χ3v) is 7.49. The van der Waals surface area contributed by atoms with E-state index < -0.39 is 0 Å². The number of nitrogens with one attached hydrogen (secondary N) is 1. The number of amidine groups is 1. The van der Waals surface area contributed by atoms with Crippen LogP contribution in [0.25, 0.3) is 5.70 Å². The molecule has 4 aliphatic rings. The van der Waals surface area contributed by atoms with E-state index in [9.17, 15) is 9.59 Å². The van der Waals surface area contributed by atoms with E-state index in [-0.39, 0.29) is 17.9 Å². The summed E-state index contributed by atoms with van der Waals surface area (Å²) in [7, 11) is 0. The number of aliphatic imine (C=N–C) groups is 1. The van der Waals surface area contributed by atoms with Crippen molar-refractivity contribution in [2.45, 2.75) is 31.7 Å². The summed E-state index contributed by atoms with van der Waals surface area (Å²) in [5.41, 5.74) is 7.13. The molecule has 6 rings (SSSR count). The number of fused-ring (bicyclic) bond motifs is 3. The molecule has 0 spiro atoms. The highest BCUT2D eigenvalue weighted by Gasteiger charge is 2.42. The first-order valence-electron chi connectivity index (χ1n) is 11.3. The Morgan fingerprint density at radius 2 is 1.97 bits per heavy atom. The number of nitrogens with zero attached hydrogens (tertiary/aromatic N) is 2. The summed E-state index contributed by atoms with van der Waals surface area (Å²) in [5.74, 6) is 0.473. The van der Waals surface area contributed by atoms with Gasteiger partial charge in [0, 0.05) is 16.8 Å². The number of benzene rings is 2. The van der Waals surface area contributed by atoms with Crippen LogP contribution in [0.3, 0.4) is 0 Å². The van der Waals surface area contributed by atoms with Crippen molar-refractivity contribution in [3.63, 3.8) is 0 Å². The lowest BCUT2D eigenvalue weighted by molar-refractivity contribution is -0.124. The molecule has 1 atom stereocenters. The van der Waals surface area contributed by atoms with Gasteiger partial charge in [0.05, 0.1) is 17.5 Å². The van der Waals surface area contributed by atoms with Crippen LogP contribution in [0.2, 0.25) is 0 Å². The van der Waals surface area contributed by atoms with Gasteiger partial charge in [-0.25, -0.2) is 4.99 Å². The molecule has 164 valence electrons. The van der Waals surface area contributed by atoms with Crippen molar-refractivity contribution in [1.29, 1.82) is 0 Å². The van der Waals surface area contributed by atoms with Crippen molar-refractivity contribution < 1.29 is 9.59 Å². The Hall–Kier alpha value is -3.38. The van der Waals surface area contributed by atoms with Crippen LogP contribution < -0.4 is 5.32 Å². The lowest BCUT2D eigenvalue weighted by Crippen LogP contribution is -2.45. The normalized spacial score (nSPS) is 21.2. The summed E-state index contributed by atoms with van der Waals surface area (Å²) in [6.45, 7) is 0. The molecule has 1 saturated heterocycles. The highest BCUT2D eigenvalue weighted by atomic mass is 32.2. The van der Waals surface area contributed by atoms with Gasteiger partial charge in [0.25, 0.3) is 5.91 Å². The molecular formula is C27H23N3O2S. The Morgan fingerprint density at radius 1 is 1.09 bits per heavy atom. The molecule has 1 unspecified atom stereocenters. The lowest BCUT2D eigenvalue weighted by Gasteiger charge is -2.38. The Labute approximate surface area is 197 Å². The van der Waals surface area contributed by atoms with Crippen LogP contribution in [-0.2, 0) is 11.2 Å². The molecule has 2 aromatic carbocycles. The third kappa shape index (κ3) is 3.55. The second-order valence-corrected chi connectivity index (χ2v) is 9.54. The van der Waals surface area contributed by atoms with Gasteiger partial charge in [0.2, 0.25) is 5.91 Å². The fourth-order valence-electron chi connectivity index (χ4n) is 5.01. The van der Waals surface area contributed by atoms with E-state index in [1.807, 2.05) is 41.3 Å². The summed E-state index contributed by atoms with van der Waals surface area (Å²) in [4.78, 5) is 32.2. The minimum Gasteiger partial charge on any atom is -0.322 e. The molecule has 5 nitrogen and oxygen atoms in total. The van der Waals surface area contributed by atoms with E-state index in [2.05, 4.69) is 35.7 Å². The minimum atomic E-state index is -0.114. The van der Waals surface area contributed by atoms with E-state index in [1.54, 1.807) is 0 Å². The molecule has 0 radical (unpaired) electrons. The smallest absolute Gasteiger partial charge is 0.255 e. The molecular weight excluding hydrogens is 430 g/mol. The van der Waals surface area contributed by atoms with Crippen LogP contribution in [-0.4, -0.2) is 33.7 Å². The minimum absolute atomic E-state index is 0.0582. The van der Waals surface area contributed by atoms with Gasteiger partial charge in [-0.1, -0.05) is 54.3 Å². The van der Waals surface area contributed by atoms with E-state index >= 15 is 0 Å². The van der Waals surface area contributed by atoms with Crippen LogP contribution in [0.5, 0.6) is 0 Å². The summed E-state index contributed by atoms with van der Waals surface area (Å²) >= 11 is 1.53. The quantitative estimate of drug-likeness (QED) is 0.696. The van der Waals surface area contributed by atoms with Gasteiger partial charge in [-0.3, -0.25) is 14.5 Å². The van der Waals surface area contributed by atoms with Crippen LogP contribution >= 0.6 is 11.8 Å². The first-order chi connectivity index (χ1) is 16.2. The second kappa shape index (κ2) is 8.19. The maximum absolute atomic E-state index is 12.8. The zero-order valence-corrected chi connectivity index (χ0v) is 18.9. The Kier molecular flexibility index (Phi) is 5.03. The standard InChI is InChI=1S/C27H23N3O2S/c31-23-16-33-27-29-24-21-14-12-20(28-26(32)18-9-5-2-6-10-18)15-19(21)11-13-22(24)25(30(23)27)17-7-3-1-4-8-17/h2-3,5-10,12,14-15,25H,1,4,11,13,16H2,(H,28,32). The summed E-state index contributed by atoms with van der Waals surface area (Å²) in [6, 6.07) is 15.3. The number of carbonyl (C=O) groups is 2. The van der Waals surface area contributed by atoms with Gasteiger partial charge < -0.3 is 5.32 Å². The number of anilines is 1. The van der Waals surface area contributed by atoms with Crippen LogP contribution in [0.4, 0.5) is 5.69 Å². The summed E-state index contributed by atoms with van der Waals surface area (Å²) in [5, 5.41) is 3.82. The van der Waals surface area contributed by atoms with Crippen molar-refractivity contribution in [2.75, 3.05) is 11.1 Å². The van der Waals surface area contributed by atoms with E-state index in [0.717, 1.165) is 47.8 Å². The number of rotatable bonds is 3. The van der Waals surface area contributed by atoms with Crippen LogP contribution in [0.15, 0.2) is 82.9 Å². The Bertz CT molecular complexity index is 1290. The molecule has 1 N–H and O–H groups in total. The highest BCUT2D eigenvalue weighted by molar-refractivity contribution is 8.15. The number of hydrogen-bond donors (Lipinski definition) is 1. The van der Waals surface area contributed by atoms with Gasteiger partial charge in [0.1, 0.15) is 0 Å². The molecule has 1 fully saturated rings. The van der Waals surface area contributed by atoms with Crippen molar-refractivity contribution in [2.24, 2.45) is 4.99 Å². The van der Waals surface area contributed by atoms with Crippen molar-refractivity contribution in [3.05, 3.63) is 94.6 Å². The van der Waals surface area contributed by atoms with Gasteiger partial charge >= 0.3 is 0 Å². The summed E-state index contributed by atoms with van der Waals surface area (Å²) < 4.78 is 0. The molecule has 0 saturated carbocycles. The van der Waals surface area contributed by atoms with Gasteiger partial charge in [-0.05, 0) is 66.7 Å². The highest BCUT2D eigenvalue weighted by Crippen LogP contribution is 2.44. The molecule has 0 aromatic heterocycles. The van der Waals surface area contributed by atoms with Crippen LogP contribution in [0.1, 0.15) is 40.7 Å². The lowest BCUT2D eigenvalue weighted by atomic mass is 9.81. The zero-order valence-electron chi connectivity index (χ0n) is 18.1. The molecule has 2 aromatic rings. The van der Waals surface area contributed by atoms with Crippen LogP contribution in [0, 0.1) is 0 Å². The average Bonchev–Trinajstić information content (AvgIpc) is 3.23. The Balaban J connectivity index is 1.37. The number of allylic oxidation sites excluding steroid dienone is 2. The average molecular weight is 454 g/mol. The predicted octanol–water partition coefficient (Wildman–Crippen LogP) is 5.19. The first kappa shape index (κ1) is 20.2. The molecule has 0 bridgehead atoms. The van der Waals surface area contributed by atoms with E-state index in [1.165, 1.54) is 28.5 Å². The van der Waals surface area contributed by atoms with Crippen molar-refractivity contribution in [3.8, 4) is 0 Å². The predicted molar refractivity (Wildman–Crippen MR) is 133 cm³/mol. The number of amides is 2. The Morgan fingerprint density at radius 3 is 2.79 bits per heavy atom. The van der Waals surface area contributed by atoms with Crippen molar-refractivity contribution >= 4 is 40.1 Å². The molecule has 6 heteroatoms. The molecule has 2 amide bonds. The van der Waals surface area contributed by atoms with Gasteiger partial charge in [0.15, 0.2) is 5.17 Å². The maximum atomic E-state index is 12.8. The number of aryl methyl sites for hydroxylation is 1. The third-order valence-electron chi connectivity index (χ3n) is 6.56. The van der Waals surface area contributed by atoms with Gasteiger partial charge in [-0.2, -0.15) is 0 Å². The number of carbonyl (C=O) groups excluding carboxylic acids is 2. The molecule has 2 aliphatic heterocycles. The topological polar surface area (TPSA) is 61.8 Å². The fourth-order valence-corrected chi connectivity index (χ4v) is 5.91. The molecule has 2 aliphatic carbocycles. The monoisotopic (exact) mass is 453 g/mol. The van der Waals surface area contributed by atoms with Gasteiger partial charge in [-0.15, -0.1) is 0 Å². The SMILES string of the molecule is O=C(Nc1ccc2c(c1)CCC1=C2N=C2SCC(=O)N2C1C1=CCCC=C1)c1ccccc1. The maximum Gasteiger partial charge on any atom is 0.255 e. The zero-order chi connectivity index (χ0) is 22.4. The molecule has 2 heterocycles. The second-order valence-electron chi connectivity index (χ2n) is 8.60. The number of thioether (sulfide) groups is 1. The first-order valence-corrected chi connectivity index (χ1v) is 12.3.